The average Bonchev–Trinajstić information content (AvgIpc) is 3.39. The molecule has 0 bridgehead atoms. The zero-order valence-electron chi connectivity index (χ0n) is 18.4. The second-order valence-electron chi connectivity index (χ2n) is 8.50. The van der Waals surface area contributed by atoms with Crippen LogP contribution in [0.2, 0.25) is 0 Å². The van der Waals surface area contributed by atoms with Gasteiger partial charge in [0.15, 0.2) is 0 Å². The molecule has 0 aliphatic carbocycles. The number of ether oxygens (including phenoxy) is 2. The number of hydrogen-bond acceptors (Lipinski definition) is 6. The van der Waals surface area contributed by atoms with Gasteiger partial charge in [-0.1, -0.05) is 28.1 Å². The Morgan fingerprint density at radius 3 is 1.91 bits per heavy atom. The molecule has 170 valence electrons. The van der Waals surface area contributed by atoms with Crippen molar-refractivity contribution in [3.8, 4) is 6.07 Å². The maximum Gasteiger partial charge on any atom is 0.104 e. The minimum absolute atomic E-state index is 0.710. The molecule has 3 saturated heterocycles. The lowest BCUT2D eigenvalue weighted by atomic mass is 10.1. The second-order valence-corrected chi connectivity index (χ2v) is 12.7. The predicted molar refractivity (Wildman–Crippen MR) is 133 cm³/mol. The number of likely N-dealkylation sites (tertiary alicyclic amines) is 1. The summed E-state index contributed by atoms with van der Waals surface area (Å²) in [5.74, 6) is 0. The monoisotopic (exact) mass is 516 g/mol. The van der Waals surface area contributed by atoms with Gasteiger partial charge in [0.05, 0.1) is 39.3 Å². The number of morpholine rings is 2. The number of allylic oxidation sites excluding steroid dienone is 3. The minimum atomic E-state index is -2.31. The number of halogens is 1. The number of hydrogen-bond donors (Lipinski definition) is 0. The molecule has 0 aromatic heterocycles. The Kier molecular flexibility index (Phi) is 6.89. The molecule has 0 N–H and O–H groups in total. The van der Waals surface area contributed by atoms with Crippen LogP contribution in [0.25, 0.3) is 0 Å². The van der Waals surface area contributed by atoms with Crippen molar-refractivity contribution in [2.75, 3.05) is 65.7 Å². The van der Waals surface area contributed by atoms with Gasteiger partial charge < -0.3 is 14.4 Å². The third kappa shape index (κ3) is 3.92. The highest BCUT2D eigenvalue weighted by Gasteiger charge is 2.44. The largest absolute Gasteiger partial charge is 0.379 e. The van der Waals surface area contributed by atoms with Crippen molar-refractivity contribution in [3.05, 3.63) is 57.5 Å². The molecule has 32 heavy (non-hydrogen) atoms. The number of benzene rings is 1. The lowest BCUT2D eigenvalue weighted by Crippen LogP contribution is -2.46. The highest BCUT2D eigenvalue weighted by Crippen LogP contribution is 2.66. The Morgan fingerprint density at radius 1 is 0.812 bits per heavy atom. The predicted octanol–water partition coefficient (Wildman–Crippen LogP) is 3.88. The highest BCUT2D eigenvalue weighted by atomic mass is 79.9. The molecule has 0 spiro atoms. The molecule has 3 fully saturated rings. The molecule has 4 aliphatic rings. The van der Waals surface area contributed by atoms with E-state index in [1.54, 1.807) is 0 Å². The van der Waals surface area contributed by atoms with E-state index in [2.05, 4.69) is 72.7 Å². The van der Waals surface area contributed by atoms with E-state index in [0.717, 1.165) is 54.8 Å². The summed E-state index contributed by atoms with van der Waals surface area (Å²) >= 11 is 3.59. The fourth-order valence-corrected chi connectivity index (χ4v) is 10.3. The zero-order valence-corrected chi connectivity index (χ0v) is 20.9. The van der Waals surface area contributed by atoms with E-state index < -0.39 is 7.19 Å². The van der Waals surface area contributed by atoms with Crippen LogP contribution < -0.4 is 0 Å². The summed E-state index contributed by atoms with van der Waals surface area (Å²) in [5.41, 5.74) is 2.33. The van der Waals surface area contributed by atoms with Gasteiger partial charge in [-0.25, -0.2) is 0 Å². The van der Waals surface area contributed by atoms with Gasteiger partial charge in [-0.2, -0.15) is 5.26 Å². The molecular weight excluding hydrogens is 487 g/mol. The van der Waals surface area contributed by atoms with Crippen molar-refractivity contribution >= 4 is 28.4 Å². The van der Waals surface area contributed by atoms with Crippen LogP contribution in [0.3, 0.4) is 0 Å². The molecule has 6 nitrogen and oxygen atoms in total. The van der Waals surface area contributed by atoms with Crippen molar-refractivity contribution in [2.45, 2.75) is 12.8 Å². The Morgan fingerprint density at radius 2 is 1.38 bits per heavy atom. The Labute approximate surface area is 199 Å². The standard InChI is InChI=1S/C24H30BrN4O2P/c25-21-5-3-20(4-6-21)23-8-7-22(27-9-1-2-10-27)24(19-26)32(23,28-11-15-30-16-12-28)29-13-17-31-18-14-29/h3-8H,1-2,9-18H2. The lowest BCUT2D eigenvalue weighted by Gasteiger charge is -2.51. The van der Waals surface area contributed by atoms with Crippen molar-refractivity contribution in [1.82, 2.24) is 14.2 Å². The smallest absolute Gasteiger partial charge is 0.104 e. The SMILES string of the molecule is N#CC1=C(N2CCCC2)C=CC(c2ccc(Br)cc2)=P1(N1CCOCC1)N1CCOCC1. The summed E-state index contributed by atoms with van der Waals surface area (Å²) in [6.45, 7) is 8.28. The summed E-state index contributed by atoms with van der Waals surface area (Å²) in [4.78, 5) is 2.43. The molecule has 4 heterocycles. The van der Waals surface area contributed by atoms with E-state index in [9.17, 15) is 5.26 Å². The summed E-state index contributed by atoms with van der Waals surface area (Å²) < 4.78 is 17.8. The molecule has 4 aliphatic heterocycles. The van der Waals surface area contributed by atoms with Crippen LogP contribution in [0.5, 0.6) is 0 Å². The van der Waals surface area contributed by atoms with Crippen LogP contribution in [0.15, 0.2) is 51.9 Å². The molecule has 0 unspecified atom stereocenters. The summed E-state index contributed by atoms with van der Waals surface area (Å²) in [5, 5.41) is 13.0. The molecule has 0 atom stereocenters. The molecule has 1 aromatic carbocycles. The zero-order chi connectivity index (χ0) is 22.0. The average molecular weight is 517 g/mol. The van der Waals surface area contributed by atoms with Crippen molar-refractivity contribution in [2.24, 2.45) is 0 Å². The third-order valence-corrected chi connectivity index (χ3v) is 11.8. The fourth-order valence-electron chi connectivity index (χ4n) is 5.31. The van der Waals surface area contributed by atoms with Crippen LogP contribution in [0.4, 0.5) is 0 Å². The van der Waals surface area contributed by atoms with E-state index >= 15 is 0 Å². The first-order chi connectivity index (χ1) is 15.7. The number of nitrogens with zero attached hydrogens (tertiary/aromatic N) is 4. The first kappa shape index (κ1) is 22.4. The molecule has 0 radical (unpaired) electrons. The Bertz CT molecular complexity index is 974. The van der Waals surface area contributed by atoms with Crippen LogP contribution in [-0.4, -0.2) is 85.2 Å². The first-order valence-corrected chi connectivity index (χ1v) is 14.0. The van der Waals surface area contributed by atoms with E-state index in [0.29, 0.717) is 26.4 Å². The van der Waals surface area contributed by atoms with Crippen LogP contribution in [0.1, 0.15) is 18.4 Å². The van der Waals surface area contributed by atoms with Gasteiger partial charge in [0.2, 0.25) is 0 Å². The fraction of sp³-hybridized carbons (Fsp3) is 0.500. The molecule has 5 rings (SSSR count). The molecule has 8 heteroatoms. The van der Waals surface area contributed by atoms with Crippen LogP contribution in [0, 0.1) is 11.3 Å². The summed E-state index contributed by atoms with van der Waals surface area (Å²) in [6.07, 6.45) is 6.91. The van der Waals surface area contributed by atoms with Gasteiger partial charge in [-0.15, -0.1) is 0 Å². The van der Waals surface area contributed by atoms with E-state index in [1.165, 1.54) is 23.7 Å². The lowest BCUT2D eigenvalue weighted by molar-refractivity contribution is 0.0583. The van der Waals surface area contributed by atoms with Gasteiger partial charge in [-0.05, 0) is 42.7 Å². The Hall–Kier alpha value is -1.39. The second kappa shape index (κ2) is 9.85. The van der Waals surface area contributed by atoms with Crippen LogP contribution >= 0.6 is 23.1 Å². The molecule has 0 amide bonds. The Balaban J connectivity index is 1.81. The molecule has 1 aromatic rings. The van der Waals surface area contributed by atoms with Gasteiger partial charge in [0.25, 0.3) is 0 Å². The normalized spacial score (nSPS) is 24.8. The van der Waals surface area contributed by atoms with Crippen LogP contribution in [-0.2, 0) is 9.47 Å². The first-order valence-electron chi connectivity index (χ1n) is 11.5. The van der Waals surface area contributed by atoms with Crippen molar-refractivity contribution in [3.63, 3.8) is 0 Å². The van der Waals surface area contributed by atoms with Crippen molar-refractivity contribution < 1.29 is 9.47 Å². The summed E-state index contributed by atoms with van der Waals surface area (Å²) in [7, 11) is -2.31. The molecular formula is C24H30BrN4O2P. The number of rotatable bonds is 4. The van der Waals surface area contributed by atoms with Crippen molar-refractivity contribution in [1.29, 1.82) is 5.26 Å². The quantitative estimate of drug-likeness (QED) is 0.566. The summed E-state index contributed by atoms with van der Waals surface area (Å²) in [6, 6.07) is 11.4. The van der Waals surface area contributed by atoms with Gasteiger partial charge >= 0.3 is 0 Å². The number of nitriles is 1. The highest BCUT2D eigenvalue weighted by molar-refractivity contribution is 9.10. The van der Waals surface area contributed by atoms with Gasteiger partial charge in [0.1, 0.15) is 11.4 Å². The topological polar surface area (TPSA) is 52.0 Å². The van der Waals surface area contributed by atoms with Gasteiger partial charge in [-0.3, -0.25) is 9.34 Å². The maximum atomic E-state index is 10.8. The minimum Gasteiger partial charge on any atom is -0.379 e. The molecule has 0 saturated carbocycles. The maximum absolute atomic E-state index is 10.8. The third-order valence-electron chi connectivity index (χ3n) is 6.78. The van der Waals surface area contributed by atoms with E-state index in [-0.39, 0.29) is 0 Å². The van der Waals surface area contributed by atoms with Gasteiger partial charge in [0, 0.05) is 49.0 Å². The van der Waals surface area contributed by atoms with E-state index in [1.807, 2.05) is 0 Å². The van der Waals surface area contributed by atoms with E-state index in [4.69, 9.17) is 9.47 Å².